The van der Waals surface area contributed by atoms with Crippen LogP contribution in [0.2, 0.25) is 5.02 Å². The third kappa shape index (κ3) is 3.11. The number of anilines is 1. The van der Waals surface area contributed by atoms with E-state index in [1.54, 1.807) is 32.0 Å². The van der Waals surface area contributed by atoms with Crippen LogP contribution in [-0.2, 0) is 19.2 Å². The summed E-state index contributed by atoms with van der Waals surface area (Å²) < 4.78 is 13.9. The number of carbonyl (C=O) groups is 4. The first-order chi connectivity index (χ1) is 17.6. The summed E-state index contributed by atoms with van der Waals surface area (Å²) in [6.07, 6.45) is 2.44. The molecule has 37 heavy (non-hydrogen) atoms. The van der Waals surface area contributed by atoms with Crippen molar-refractivity contribution in [3.63, 3.8) is 0 Å². The average molecular weight is 523 g/mol. The fourth-order valence-corrected chi connectivity index (χ4v) is 7.23. The Hall–Kier alpha value is -3.52. The van der Waals surface area contributed by atoms with Crippen molar-refractivity contribution in [2.45, 2.75) is 32.6 Å². The number of benzene rings is 2. The molecule has 2 N–H and O–H groups in total. The standard InChI is InChI=1S/C28H24ClFN2O5/c1-12-4-3-5-16(23(12)33)22-14-7-8-15-21(25(35)31-24(15)34)17(14)11-18-26(36)32(27(37)28(18,22)2)13-6-9-20(30)19(29)10-13/h3-7,9-10,15,17-18,21-22,33H,8,11H2,1-2H3,(H,31,34,35)/t15-,17+,18-,21-,22+,28+/m0/s1. The maximum atomic E-state index is 14.2. The Bertz CT molecular complexity index is 1450. The first-order valence-electron chi connectivity index (χ1n) is 12.2. The third-order valence-electron chi connectivity index (χ3n) is 8.86. The van der Waals surface area contributed by atoms with Crippen LogP contribution in [0.25, 0.3) is 0 Å². The highest BCUT2D eigenvalue weighted by Crippen LogP contribution is 2.64. The molecule has 9 heteroatoms. The van der Waals surface area contributed by atoms with E-state index in [0.717, 1.165) is 16.5 Å². The highest BCUT2D eigenvalue weighted by molar-refractivity contribution is 6.31. The summed E-state index contributed by atoms with van der Waals surface area (Å²) in [6.45, 7) is 3.47. The number of allylic oxidation sites excluding steroid dienone is 2. The van der Waals surface area contributed by atoms with Gasteiger partial charge in [0, 0.05) is 11.5 Å². The Morgan fingerprint density at radius 2 is 1.86 bits per heavy atom. The molecule has 0 bridgehead atoms. The number of aromatic hydroxyl groups is 1. The number of phenols is 1. The Morgan fingerprint density at radius 3 is 2.59 bits per heavy atom. The molecular weight excluding hydrogens is 499 g/mol. The number of nitrogens with one attached hydrogen (secondary N) is 1. The number of nitrogens with zero attached hydrogens (tertiary/aromatic N) is 1. The number of amides is 4. The van der Waals surface area contributed by atoms with Gasteiger partial charge in [0.15, 0.2) is 0 Å². The Kier molecular flexibility index (Phi) is 5.15. The van der Waals surface area contributed by atoms with Crippen molar-refractivity contribution in [2.24, 2.45) is 29.1 Å². The zero-order valence-corrected chi connectivity index (χ0v) is 20.9. The van der Waals surface area contributed by atoms with Crippen LogP contribution in [0.4, 0.5) is 10.1 Å². The molecule has 0 unspecified atom stereocenters. The van der Waals surface area contributed by atoms with Gasteiger partial charge >= 0.3 is 0 Å². The fraction of sp³-hybridized carbons (Fsp3) is 0.357. The summed E-state index contributed by atoms with van der Waals surface area (Å²) in [5.41, 5.74) is 0.754. The number of aryl methyl sites for hydroxylation is 1. The summed E-state index contributed by atoms with van der Waals surface area (Å²) in [4.78, 5) is 54.5. The van der Waals surface area contributed by atoms with E-state index in [1.165, 1.54) is 12.1 Å². The van der Waals surface area contributed by atoms with Crippen molar-refractivity contribution in [1.82, 2.24) is 5.32 Å². The molecule has 4 amide bonds. The lowest BCUT2D eigenvalue weighted by Gasteiger charge is -2.49. The molecule has 0 aromatic heterocycles. The molecule has 3 fully saturated rings. The van der Waals surface area contributed by atoms with Gasteiger partial charge < -0.3 is 5.11 Å². The van der Waals surface area contributed by atoms with Gasteiger partial charge in [0.25, 0.3) is 0 Å². The lowest BCUT2D eigenvalue weighted by Crippen LogP contribution is -2.48. The molecule has 6 rings (SSSR count). The summed E-state index contributed by atoms with van der Waals surface area (Å²) in [5, 5.41) is 13.3. The molecule has 7 nitrogen and oxygen atoms in total. The van der Waals surface area contributed by atoms with E-state index in [9.17, 15) is 28.7 Å². The SMILES string of the molecule is Cc1cccc([C@H]2C3=CC[C@@H]4C(=O)NC(=O)[C@@H]4[C@@H]3C[C@H]3C(=O)N(c4ccc(F)c(Cl)c4)C(=O)[C@@]23C)c1O. The summed E-state index contributed by atoms with van der Waals surface area (Å²) in [7, 11) is 0. The van der Waals surface area contributed by atoms with Crippen molar-refractivity contribution in [2.75, 3.05) is 4.90 Å². The second-order valence-electron chi connectivity index (χ2n) is 10.6. The van der Waals surface area contributed by atoms with Crippen LogP contribution in [0.1, 0.15) is 36.8 Å². The first-order valence-corrected chi connectivity index (χ1v) is 12.6. The zero-order chi connectivity index (χ0) is 26.4. The Labute approximate surface area is 217 Å². The number of rotatable bonds is 2. The van der Waals surface area contributed by atoms with Gasteiger partial charge in [-0.2, -0.15) is 0 Å². The predicted octanol–water partition coefficient (Wildman–Crippen LogP) is 4.01. The molecule has 2 saturated heterocycles. The molecule has 2 aliphatic heterocycles. The van der Waals surface area contributed by atoms with Crippen LogP contribution in [0, 0.1) is 41.8 Å². The van der Waals surface area contributed by atoms with Crippen LogP contribution < -0.4 is 10.2 Å². The quantitative estimate of drug-likeness (QED) is 0.458. The van der Waals surface area contributed by atoms with Crippen LogP contribution in [0.5, 0.6) is 5.75 Å². The van der Waals surface area contributed by atoms with E-state index >= 15 is 0 Å². The van der Waals surface area contributed by atoms with Gasteiger partial charge in [-0.05, 0) is 56.4 Å². The van der Waals surface area contributed by atoms with Crippen LogP contribution in [0.15, 0.2) is 48.0 Å². The number of carbonyl (C=O) groups excluding carboxylic acids is 4. The van der Waals surface area contributed by atoms with Gasteiger partial charge in [0.2, 0.25) is 23.6 Å². The number of hydrogen-bond donors (Lipinski definition) is 2. The summed E-state index contributed by atoms with van der Waals surface area (Å²) >= 11 is 5.99. The van der Waals surface area contributed by atoms with E-state index < -0.39 is 52.6 Å². The molecule has 2 heterocycles. The number of hydrogen-bond acceptors (Lipinski definition) is 5. The van der Waals surface area contributed by atoms with Crippen molar-refractivity contribution in [3.05, 3.63) is 70.0 Å². The van der Waals surface area contributed by atoms with E-state index in [1.807, 2.05) is 6.08 Å². The molecule has 2 aliphatic carbocycles. The molecule has 0 spiro atoms. The van der Waals surface area contributed by atoms with Gasteiger partial charge in [-0.25, -0.2) is 9.29 Å². The maximum absolute atomic E-state index is 14.2. The third-order valence-corrected chi connectivity index (χ3v) is 9.15. The molecule has 4 aliphatic rings. The number of imide groups is 2. The highest BCUT2D eigenvalue weighted by atomic mass is 35.5. The second-order valence-corrected chi connectivity index (χ2v) is 11.0. The second kappa shape index (κ2) is 7.99. The highest BCUT2D eigenvalue weighted by Gasteiger charge is 2.67. The van der Waals surface area contributed by atoms with Crippen LogP contribution in [0.3, 0.4) is 0 Å². The zero-order valence-electron chi connectivity index (χ0n) is 20.1. The molecule has 190 valence electrons. The minimum absolute atomic E-state index is 0.0200. The minimum atomic E-state index is -1.29. The van der Waals surface area contributed by atoms with Crippen molar-refractivity contribution >= 4 is 40.9 Å². The molecule has 2 aromatic rings. The lowest BCUT2D eigenvalue weighted by atomic mass is 9.51. The van der Waals surface area contributed by atoms with E-state index in [-0.39, 0.29) is 34.7 Å². The van der Waals surface area contributed by atoms with Gasteiger partial charge in [-0.3, -0.25) is 24.5 Å². The van der Waals surface area contributed by atoms with Gasteiger partial charge in [-0.1, -0.05) is 41.4 Å². The molecule has 0 radical (unpaired) electrons. The molecule has 6 atom stereocenters. The number of fused-ring (bicyclic) bond motifs is 4. The number of halogens is 2. The van der Waals surface area contributed by atoms with Crippen molar-refractivity contribution in [3.8, 4) is 5.75 Å². The predicted molar refractivity (Wildman–Crippen MR) is 132 cm³/mol. The topological polar surface area (TPSA) is 104 Å². The number of para-hydroxylation sites is 1. The largest absolute Gasteiger partial charge is 0.507 e. The van der Waals surface area contributed by atoms with E-state index in [4.69, 9.17) is 11.6 Å². The van der Waals surface area contributed by atoms with E-state index in [2.05, 4.69) is 5.32 Å². The maximum Gasteiger partial charge on any atom is 0.241 e. The first kappa shape index (κ1) is 23.9. The van der Waals surface area contributed by atoms with Crippen molar-refractivity contribution in [1.29, 1.82) is 0 Å². The van der Waals surface area contributed by atoms with Gasteiger partial charge in [0.05, 0.1) is 33.9 Å². The molecule has 2 aromatic carbocycles. The number of phenolic OH excluding ortho intramolecular Hbond substituents is 1. The Morgan fingerprint density at radius 1 is 1.11 bits per heavy atom. The smallest absolute Gasteiger partial charge is 0.241 e. The fourth-order valence-electron chi connectivity index (χ4n) is 7.06. The monoisotopic (exact) mass is 522 g/mol. The van der Waals surface area contributed by atoms with Gasteiger partial charge in [0.1, 0.15) is 11.6 Å². The average Bonchev–Trinajstić information content (AvgIpc) is 3.25. The van der Waals surface area contributed by atoms with Crippen molar-refractivity contribution < 1.29 is 28.7 Å². The normalized spacial score (nSPS) is 32.6. The Balaban J connectivity index is 1.56. The van der Waals surface area contributed by atoms with Crippen LogP contribution in [-0.4, -0.2) is 28.7 Å². The van der Waals surface area contributed by atoms with Crippen LogP contribution >= 0.6 is 11.6 Å². The molecular formula is C28H24ClFN2O5. The summed E-state index contributed by atoms with van der Waals surface area (Å²) in [6, 6.07) is 8.96. The summed E-state index contributed by atoms with van der Waals surface area (Å²) in [5.74, 6) is -5.49. The minimum Gasteiger partial charge on any atom is -0.507 e. The van der Waals surface area contributed by atoms with E-state index in [0.29, 0.717) is 17.5 Å². The van der Waals surface area contributed by atoms with Gasteiger partial charge in [-0.15, -0.1) is 0 Å². The lowest BCUT2D eigenvalue weighted by molar-refractivity contribution is -0.131. The molecule has 1 saturated carbocycles.